The van der Waals surface area contributed by atoms with Crippen LogP contribution in [0.1, 0.15) is 51.5 Å². The number of halogens is 1. The van der Waals surface area contributed by atoms with Crippen LogP contribution in [0.3, 0.4) is 0 Å². The van der Waals surface area contributed by atoms with Gasteiger partial charge in [-0.05, 0) is 63.9 Å². The van der Waals surface area contributed by atoms with E-state index in [0.29, 0.717) is 18.7 Å². The molecule has 2 amide bonds. The van der Waals surface area contributed by atoms with Crippen molar-refractivity contribution in [1.29, 1.82) is 0 Å². The Morgan fingerprint density at radius 1 is 1.19 bits per heavy atom. The van der Waals surface area contributed by atoms with Crippen molar-refractivity contribution in [2.75, 3.05) is 30.3 Å². The highest BCUT2D eigenvalue weighted by Gasteiger charge is 2.27. The fourth-order valence-electron chi connectivity index (χ4n) is 3.25. The molecule has 0 aromatic heterocycles. The maximum Gasteiger partial charge on any atom is 0.244 e. The third-order valence-corrected chi connectivity index (χ3v) is 4.87. The van der Waals surface area contributed by atoms with Crippen molar-refractivity contribution in [2.24, 2.45) is 5.73 Å². The molecule has 152 valence electrons. The fourth-order valence-corrected chi connectivity index (χ4v) is 3.25. The number of hydrogen-bond donors (Lipinski definition) is 3. The molecule has 7 heteroatoms. The Morgan fingerprint density at radius 3 is 2.48 bits per heavy atom. The first-order valence-electron chi connectivity index (χ1n) is 9.55. The fraction of sp³-hybridized carbons (Fsp3) is 0.600. The van der Waals surface area contributed by atoms with Gasteiger partial charge in [0, 0.05) is 11.4 Å². The highest BCUT2D eigenvalue weighted by Crippen LogP contribution is 2.22. The van der Waals surface area contributed by atoms with Gasteiger partial charge in [0.05, 0.1) is 12.1 Å². The Morgan fingerprint density at radius 2 is 1.85 bits per heavy atom. The molecule has 1 aliphatic heterocycles. The van der Waals surface area contributed by atoms with E-state index in [2.05, 4.69) is 15.5 Å². The molecule has 6 nitrogen and oxygen atoms in total. The van der Waals surface area contributed by atoms with E-state index in [9.17, 15) is 9.59 Å². The molecule has 2 rings (SSSR count). The molecule has 1 aromatic rings. The molecule has 0 radical (unpaired) electrons. The molecule has 1 fully saturated rings. The summed E-state index contributed by atoms with van der Waals surface area (Å²) in [4.78, 5) is 26.9. The number of amides is 2. The van der Waals surface area contributed by atoms with Crippen molar-refractivity contribution in [3.63, 3.8) is 0 Å². The first kappa shape index (κ1) is 23.4. The summed E-state index contributed by atoms with van der Waals surface area (Å²) in [5, 5.41) is 5.84. The molecule has 0 spiro atoms. The van der Waals surface area contributed by atoms with E-state index in [1.807, 2.05) is 26.0 Å². The van der Waals surface area contributed by atoms with E-state index >= 15 is 0 Å². The number of hydrogen-bond acceptors (Lipinski definition) is 4. The number of nitrogens with zero attached hydrogens (tertiary/aromatic N) is 1. The van der Waals surface area contributed by atoms with Crippen molar-refractivity contribution in [3.05, 3.63) is 23.8 Å². The summed E-state index contributed by atoms with van der Waals surface area (Å²) >= 11 is 0. The Hall–Kier alpha value is -1.63. The van der Waals surface area contributed by atoms with E-state index in [0.717, 1.165) is 43.6 Å². The van der Waals surface area contributed by atoms with Gasteiger partial charge in [-0.2, -0.15) is 0 Å². The minimum Gasteiger partial charge on any atom is -0.325 e. The van der Waals surface area contributed by atoms with Gasteiger partial charge in [-0.25, -0.2) is 0 Å². The van der Waals surface area contributed by atoms with Gasteiger partial charge in [0.15, 0.2) is 0 Å². The van der Waals surface area contributed by atoms with E-state index in [4.69, 9.17) is 5.73 Å². The molecule has 1 saturated heterocycles. The maximum absolute atomic E-state index is 12.4. The lowest BCUT2D eigenvalue weighted by atomic mass is 9.96. The summed E-state index contributed by atoms with van der Waals surface area (Å²) in [5.41, 5.74) is 7.50. The molecule has 1 aromatic carbocycles. The average Bonchev–Trinajstić information content (AvgIpc) is 2.58. The normalized spacial score (nSPS) is 16.7. The summed E-state index contributed by atoms with van der Waals surface area (Å²) in [6.45, 7) is 8.05. The molecule has 1 unspecified atom stereocenters. The maximum atomic E-state index is 12.4. The zero-order valence-corrected chi connectivity index (χ0v) is 17.5. The van der Waals surface area contributed by atoms with Gasteiger partial charge in [0.2, 0.25) is 11.8 Å². The number of anilines is 2. The molecule has 1 heterocycles. The highest BCUT2D eigenvalue weighted by atomic mass is 35.5. The van der Waals surface area contributed by atoms with Crippen molar-refractivity contribution < 1.29 is 9.59 Å². The molecule has 0 aliphatic carbocycles. The largest absolute Gasteiger partial charge is 0.325 e. The van der Waals surface area contributed by atoms with Crippen molar-refractivity contribution in [1.82, 2.24) is 4.90 Å². The molecular weight excluding hydrogens is 364 g/mol. The lowest BCUT2D eigenvalue weighted by Crippen LogP contribution is -2.48. The second kappa shape index (κ2) is 10.6. The van der Waals surface area contributed by atoms with Crippen LogP contribution in [0.25, 0.3) is 0 Å². The van der Waals surface area contributed by atoms with Crippen LogP contribution < -0.4 is 16.4 Å². The number of likely N-dealkylation sites (tertiary alicyclic amines) is 1. The van der Waals surface area contributed by atoms with Crippen LogP contribution in [0.15, 0.2) is 18.2 Å². The van der Waals surface area contributed by atoms with Gasteiger partial charge in [0.25, 0.3) is 0 Å². The molecule has 0 saturated carbocycles. The van der Waals surface area contributed by atoms with Gasteiger partial charge in [-0.1, -0.05) is 25.8 Å². The second-order valence-electron chi connectivity index (χ2n) is 7.54. The zero-order valence-electron chi connectivity index (χ0n) is 16.6. The Labute approximate surface area is 168 Å². The Bertz CT molecular complexity index is 643. The van der Waals surface area contributed by atoms with Gasteiger partial charge >= 0.3 is 0 Å². The van der Waals surface area contributed by atoms with Crippen LogP contribution in [-0.2, 0) is 9.59 Å². The standard InChI is InChI=1S/C20H32N4O2.ClH/c1-4-10-20(3,21)19(26)22-16-9-8-15(2)17(13-16)23-18(25)14-24-11-6-5-7-12-24;/h8-9,13H,4-7,10-12,14,21H2,1-3H3,(H,22,26)(H,23,25);1H. The molecule has 4 N–H and O–H groups in total. The topological polar surface area (TPSA) is 87.5 Å². The first-order chi connectivity index (χ1) is 12.3. The summed E-state index contributed by atoms with van der Waals surface area (Å²) in [6.07, 6.45) is 5.01. The third kappa shape index (κ3) is 7.13. The number of carbonyl (C=O) groups is 2. The van der Waals surface area contributed by atoms with Crippen LogP contribution >= 0.6 is 12.4 Å². The first-order valence-corrected chi connectivity index (χ1v) is 9.55. The number of benzene rings is 1. The predicted molar refractivity (Wildman–Crippen MR) is 113 cm³/mol. The molecule has 0 bridgehead atoms. The zero-order chi connectivity index (χ0) is 19.2. The van der Waals surface area contributed by atoms with Crippen molar-refractivity contribution in [2.45, 2.75) is 58.4 Å². The number of rotatable bonds is 7. The SMILES string of the molecule is CCCC(C)(N)C(=O)Nc1ccc(C)c(NC(=O)CN2CCCCC2)c1.Cl. The lowest BCUT2D eigenvalue weighted by molar-refractivity contribution is -0.121. The second-order valence-corrected chi connectivity index (χ2v) is 7.54. The lowest BCUT2D eigenvalue weighted by Gasteiger charge is -2.26. The number of nitrogens with two attached hydrogens (primary N) is 1. The van der Waals surface area contributed by atoms with Gasteiger partial charge in [-0.15, -0.1) is 12.4 Å². The summed E-state index contributed by atoms with van der Waals surface area (Å²) in [7, 11) is 0. The van der Waals surface area contributed by atoms with Gasteiger partial charge in [-0.3, -0.25) is 14.5 Å². The van der Waals surface area contributed by atoms with Gasteiger partial charge in [0.1, 0.15) is 0 Å². The van der Waals surface area contributed by atoms with Crippen LogP contribution in [0.4, 0.5) is 11.4 Å². The Kier molecular flexibility index (Phi) is 9.22. The number of carbonyl (C=O) groups excluding carboxylic acids is 2. The minimum absolute atomic E-state index is 0. The van der Waals surface area contributed by atoms with E-state index in [1.54, 1.807) is 13.0 Å². The predicted octanol–water partition coefficient (Wildman–Crippen LogP) is 3.30. The number of piperidine rings is 1. The summed E-state index contributed by atoms with van der Waals surface area (Å²) in [6, 6.07) is 5.51. The average molecular weight is 397 g/mol. The van der Waals surface area contributed by atoms with Crippen LogP contribution in [0.2, 0.25) is 0 Å². The summed E-state index contributed by atoms with van der Waals surface area (Å²) in [5.74, 6) is -0.234. The highest BCUT2D eigenvalue weighted by molar-refractivity contribution is 5.99. The number of aryl methyl sites for hydroxylation is 1. The quantitative estimate of drug-likeness (QED) is 0.659. The van der Waals surface area contributed by atoms with E-state index in [-0.39, 0.29) is 24.2 Å². The summed E-state index contributed by atoms with van der Waals surface area (Å²) < 4.78 is 0. The molecule has 27 heavy (non-hydrogen) atoms. The van der Waals surface area contributed by atoms with Gasteiger partial charge < -0.3 is 16.4 Å². The number of nitrogens with one attached hydrogen (secondary N) is 2. The third-order valence-electron chi connectivity index (χ3n) is 4.87. The van der Waals surface area contributed by atoms with E-state index < -0.39 is 5.54 Å². The van der Waals surface area contributed by atoms with Crippen molar-refractivity contribution in [3.8, 4) is 0 Å². The molecule has 1 aliphatic rings. The van der Waals surface area contributed by atoms with Crippen molar-refractivity contribution >= 4 is 35.6 Å². The molecular formula is C20H33ClN4O2. The monoisotopic (exact) mass is 396 g/mol. The Balaban J connectivity index is 0.00000364. The smallest absolute Gasteiger partial charge is 0.244 e. The van der Waals surface area contributed by atoms with Crippen LogP contribution in [-0.4, -0.2) is 41.9 Å². The minimum atomic E-state index is -0.905. The van der Waals surface area contributed by atoms with Crippen LogP contribution in [0, 0.1) is 6.92 Å². The van der Waals surface area contributed by atoms with Crippen LogP contribution in [0.5, 0.6) is 0 Å². The molecule has 1 atom stereocenters. The van der Waals surface area contributed by atoms with E-state index in [1.165, 1.54) is 6.42 Å².